The first kappa shape index (κ1) is 13.3. The zero-order valence-corrected chi connectivity index (χ0v) is 11.7. The Labute approximate surface area is 113 Å². The number of hydrogen-bond acceptors (Lipinski definition) is 5. The van der Waals surface area contributed by atoms with Crippen molar-refractivity contribution >= 4 is 27.4 Å². The van der Waals surface area contributed by atoms with E-state index in [1.165, 1.54) is 0 Å². The third kappa shape index (κ3) is 3.41. The predicted octanol–water partition coefficient (Wildman–Crippen LogP) is 1.57. The second-order valence-corrected chi connectivity index (χ2v) is 4.41. The SMILES string of the molecule is COCCOCCNc1nc(Br)cn2ccnc12. The molecular formula is C11H15BrN4O2. The largest absolute Gasteiger partial charge is 0.382 e. The van der Waals surface area contributed by atoms with Crippen LogP contribution in [0.3, 0.4) is 0 Å². The number of aromatic nitrogens is 3. The van der Waals surface area contributed by atoms with Crippen LogP contribution in [0.15, 0.2) is 23.2 Å². The van der Waals surface area contributed by atoms with E-state index in [0.29, 0.717) is 26.4 Å². The van der Waals surface area contributed by atoms with E-state index in [1.54, 1.807) is 13.3 Å². The first-order valence-electron chi connectivity index (χ1n) is 5.61. The highest BCUT2D eigenvalue weighted by molar-refractivity contribution is 9.10. The average Bonchev–Trinajstić information content (AvgIpc) is 2.81. The lowest BCUT2D eigenvalue weighted by Crippen LogP contribution is -2.13. The van der Waals surface area contributed by atoms with Gasteiger partial charge in [0.2, 0.25) is 0 Å². The molecule has 2 aromatic heterocycles. The van der Waals surface area contributed by atoms with E-state index in [2.05, 4.69) is 31.2 Å². The molecule has 0 atom stereocenters. The number of imidazole rings is 1. The van der Waals surface area contributed by atoms with Crippen LogP contribution in [0.25, 0.3) is 5.65 Å². The van der Waals surface area contributed by atoms with Crippen LogP contribution >= 0.6 is 15.9 Å². The van der Waals surface area contributed by atoms with E-state index in [4.69, 9.17) is 9.47 Å². The fourth-order valence-corrected chi connectivity index (χ4v) is 1.90. The van der Waals surface area contributed by atoms with Gasteiger partial charge in [-0.25, -0.2) is 9.97 Å². The Hall–Kier alpha value is -1.18. The standard InChI is InChI=1S/C11H15BrN4O2/c1-17-6-7-18-5-3-13-10-11-14-2-4-16(11)8-9(12)15-10/h2,4,8H,3,5-7H2,1H3,(H,13,15). The van der Waals surface area contributed by atoms with Crippen LogP contribution in [0.1, 0.15) is 0 Å². The molecule has 0 unspecified atom stereocenters. The molecule has 2 rings (SSSR count). The molecule has 98 valence electrons. The van der Waals surface area contributed by atoms with E-state index in [1.807, 2.05) is 16.8 Å². The minimum atomic E-state index is 0.600. The molecule has 0 saturated heterocycles. The van der Waals surface area contributed by atoms with Crippen molar-refractivity contribution in [3.63, 3.8) is 0 Å². The molecule has 0 saturated carbocycles. The Balaban J connectivity index is 1.89. The average molecular weight is 315 g/mol. The van der Waals surface area contributed by atoms with Gasteiger partial charge in [-0.1, -0.05) is 0 Å². The lowest BCUT2D eigenvalue weighted by molar-refractivity contribution is 0.0759. The molecular weight excluding hydrogens is 300 g/mol. The fraction of sp³-hybridized carbons (Fsp3) is 0.455. The molecule has 6 nitrogen and oxygen atoms in total. The molecule has 0 fully saturated rings. The second kappa shape index (κ2) is 6.67. The summed E-state index contributed by atoms with van der Waals surface area (Å²) in [4.78, 5) is 8.59. The number of fused-ring (bicyclic) bond motifs is 1. The van der Waals surface area contributed by atoms with Gasteiger partial charge in [0.25, 0.3) is 0 Å². The number of hydrogen-bond donors (Lipinski definition) is 1. The maximum atomic E-state index is 5.37. The Bertz CT molecular complexity index is 503. The highest BCUT2D eigenvalue weighted by atomic mass is 79.9. The van der Waals surface area contributed by atoms with Crippen molar-refractivity contribution in [3.05, 3.63) is 23.2 Å². The van der Waals surface area contributed by atoms with E-state index < -0.39 is 0 Å². The van der Waals surface area contributed by atoms with Gasteiger partial charge in [0.1, 0.15) is 4.60 Å². The van der Waals surface area contributed by atoms with Crippen LogP contribution in [0.5, 0.6) is 0 Å². The number of anilines is 1. The third-order valence-corrected chi connectivity index (χ3v) is 2.70. The first-order chi connectivity index (χ1) is 8.81. The fourth-order valence-electron chi connectivity index (χ4n) is 1.51. The molecule has 0 amide bonds. The summed E-state index contributed by atoms with van der Waals surface area (Å²) in [5.74, 6) is 0.740. The quantitative estimate of drug-likeness (QED) is 0.786. The van der Waals surface area contributed by atoms with Crippen LogP contribution in [0, 0.1) is 0 Å². The molecule has 0 aliphatic heterocycles. The van der Waals surface area contributed by atoms with Crippen LogP contribution in [-0.2, 0) is 9.47 Å². The van der Waals surface area contributed by atoms with Crippen molar-refractivity contribution in [2.75, 3.05) is 38.8 Å². The molecule has 7 heteroatoms. The molecule has 0 spiro atoms. The van der Waals surface area contributed by atoms with Gasteiger partial charge in [0.05, 0.1) is 19.8 Å². The van der Waals surface area contributed by atoms with Gasteiger partial charge in [-0.3, -0.25) is 0 Å². The highest BCUT2D eigenvalue weighted by Crippen LogP contribution is 2.16. The maximum absolute atomic E-state index is 5.37. The number of rotatable bonds is 7. The molecule has 1 N–H and O–H groups in total. The zero-order chi connectivity index (χ0) is 12.8. The summed E-state index contributed by atoms with van der Waals surface area (Å²) in [7, 11) is 1.65. The highest BCUT2D eigenvalue weighted by Gasteiger charge is 2.05. The summed E-state index contributed by atoms with van der Waals surface area (Å²) in [6.07, 6.45) is 5.48. The van der Waals surface area contributed by atoms with Crippen LogP contribution in [0.4, 0.5) is 5.82 Å². The van der Waals surface area contributed by atoms with Crippen molar-refractivity contribution in [1.82, 2.24) is 14.4 Å². The summed E-state index contributed by atoms with van der Waals surface area (Å²) in [6.45, 7) is 2.49. The van der Waals surface area contributed by atoms with Gasteiger partial charge >= 0.3 is 0 Å². The van der Waals surface area contributed by atoms with Crippen LogP contribution in [-0.4, -0.2) is 47.8 Å². The van der Waals surface area contributed by atoms with Gasteiger partial charge in [-0.2, -0.15) is 0 Å². The lowest BCUT2D eigenvalue weighted by atomic mass is 10.5. The molecule has 2 aromatic rings. The number of nitrogens with zero attached hydrogens (tertiary/aromatic N) is 3. The monoisotopic (exact) mass is 314 g/mol. The zero-order valence-electron chi connectivity index (χ0n) is 10.1. The minimum absolute atomic E-state index is 0.600. The summed E-state index contributed by atoms with van der Waals surface area (Å²) >= 11 is 3.36. The Morgan fingerprint density at radius 3 is 3.11 bits per heavy atom. The van der Waals surface area contributed by atoms with Gasteiger partial charge in [0.15, 0.2) is 11.5 Å². The van der Waals surface area contributed by atoms with Crippen molar-refractivity contribution in [1.29, 1.82) is 0 Å². The van der Waals surface area contributed by atoms with E-state index in [9.17, 15) is 0 Å². The van der Waals surface area contributed by atoms with Gasteiger partial charge in [0, 0.05) is 32.2 Å². The maximum Gasteiger partial charge on any atom is 0.180 e. The smallest absolute Gasteiger partial charge is 0.180 e. The van der Waals surface area contributed by atoms with Crippen molar-refractivity contribution in [2.45, 2.75) is 0 Å². The Kier molecular flexibility index (Phi) is 4.91. The first-order valence-corrected chi connectivity index (χ1v) is 6.40. The third-order valence-electron chi connectivity index (χ3n) is 2.32. The summed E-state index contributed by atoms with van der Waals surface area (Å²) in [6, 6.07) is 0. The molecule has 2 heterocycles. The Morgan fingerprint density at radius 1 is 1.39 bits per heavy atom. The van der Waals surface area contributed by atoms with Crippen LogP contribution < -0.4 is 5.32 Å². The molecule has 0 radical (unpaired) electrons. The molecule has 0 aromatic carbocycles. The second-order valence-electron chi connectivity index (χ2n) is 3.60. The van der Waals surface area contributed by atoms with Crippen molar-refractivity contribution < 1.29 is 9.47 Å². The number of ether oxygens (including phenoxy) is 2. The normalized spacial score (nSPS) is 11.0. The molecule has 18 heavy (non-hydrogen) atoms. The summed E-state index contributed by atoms with van der Waals surface area (Å²) in [5.41, 5.74) is 0.801. The van der Waals surface area contributed by atoms with E-state index in [0.717, 1.165) is 16.1 Å². The van der Waals surface area contributed by atoms with E-state index >= 15 is 0 Å². The van der Waals surface area contributed by atoms with Crippen molar-refractivity contribution in [3.8, 4) is 0 Å². The number of methoxy groups -OCH3 is 1. The van der Waals surface area contributed by atoms with Gasteiger partial charge in [-0.05, 0) is 15.9 Å². The molecule has 0 aliphatic rings. The van der Waals surface area contributed by atoms with Gasteiger partial charge in [-0.15, -0.1) is 0 Å². The summed E-state index contributed by atoms with van der Waals surface area (Å²) < 4.78 is 12.9. The topological polar surface area (TPSA) is 60.7 Å². The van der Waals surface area contributed by atoms with Crippen LogP contribution in [0.2, 0.25) is 0 Å². The number of halogens is 1. The van der Waals surface area contributed by atoms with E-state index in [-0.39, 0.29) is 0 Å². The molecule has 0 aliphatic carbocycles. The summed E-state index contributed by atoms with van der Waals surface area (Å²) in [5, 5.41) is 3.20. The van der Waals surface area contributed by atoms with Crippen molar-refractivity contribution in [2.24, 2.45) is 0 Å². The number of nitrogens with one attached hydrogen (secondary N) is 1. The molecule has 0 bridgehead atoms. The van der Waals surface area contributed by atoms with Gasteiger partial charge < -0.3 is 19.2 Å². The lowest BCUT2D eigenvalue weighted by Gasteiger charge is -2.08. The minimum Gasteiger partial charge on any atom is -0.382 e. The predicted molar refractivity (Wildman–Crippen MR) is 71.9 cm³/mol. The Morgan fingerprint density at radius 2 is 2.28 bits per heavy atom.